The summed E-state index contributed by atoms with van der Waals surface area (Å²) < 4.78 is 8.02. The van der Waals surface area contributed by atoms with Crippen molar-refractivity contribution >= 4 is 32.6 Å². The van der Waals surface area contributed by atoms with E-state index in [4.69, 9.17) is 9.72 Å². The number of carbonyl (C=O) groups is 1. The topological polar surface area (TPSA) is 73.1 Å². The average molecular weight is 407 g/mol. The Labute approximate surface area is 172 Å². The lowest BCUT2D eigenvalue weighted by atomic mass is 10.2. The zero-order valence-electron chi connectivity index (χ0n) is 16.5. The number of fused-ring (bicyclic) bond motifs is 1. The van der Waals surface area contributed by atoms with Crippen molar-refractivity contribution in [1.82, 2.24) is 19.7 Å². The number of anilines is 1. The largest absolute Gasteiger partial charge is 0.497 e. The normalized spacial score (nSPS) is 11.0. The maximum Gasteiger partial charge on any atom is 0.250 e. The zero-order chi connectivity index (χ0) is 20.4. The van der Waals surface area contributed by atoms with Crippen LogP contribution in [0.3, 0.4) is 0 Å². The van der Waals surface area contributed by atoms with Gasteiger partial charge >= 0.3 is 0 Å². The molecule has 7 nitrogen and oxygen atoms in total. The monoisotopic (exact) mass is 407 g/mol. The molecule has 1 amide bonds. The van der Waals surface area contributed by atoms with Crippen molar-refractivity contribution in [1.29, 1.82) is 0 Å². The van der Waals surface area contributed by atoms with Crippen molar-refractivity contribution in [2.45, 2.75) is 26.9 Å². The van der Waals surface area contributed by atoms with Gasteiger partial charge in [0.15, 0.2) is 5.13 Å². The second-order valence-corrected chi connectivity index (χ2v) is 7.77. The van der Waals surface area contributed by atoms with E-state index in [1.807, 2.05) is 50.2 Å². The van der Waals surface area contributed by atoms with Gasteiger partial charge in [-0.25, -0.2) is 4.98 Å². The van der Waals surface area contributed by atoms with Gasteiger partial charge in [-0.05, 0) is 43.7 Å². The molecular weight excluding hydrogens is 386 g/mol. The number of thiazole rings is 1. The smallest absolute Gasteiger partial charge is 0.250 e. The third kappa shape index (κ3) is 4.12. The fourth-order valence-corrected chi connectivity index (χ4v) is 4.09. The van der Waals surface area contributed by atoms with Crippen molar-refractivity contribution in [2.24, 2.45) is 0 Å². The second kappa shape index (κ2) is 8.00. The summed E-state index contributed by atoms with van der Waals surface area (Å²) in [7, 11) is 1.63. The van der Waals surface area contributed by atoms with E-state index in [1.165, 1.54) is 11.3 Å². The molecular formula is C21H21N5O2S. The molecule has 29 heavy (non-hydrogen) atoms. The fourth-order valence-electron chi connectivity index (χ4n) is 3.12. The van der Waals surface area contributed by atoms with Gasteiger partial charge < -0.3 is 4.74 Å². The summed E-state index contributed by atoms with van der Waals surface area (Å²) in [6.45, 7) is 4.41. The van der Waals surface area contributed by atoms with E-state index in [0.29, 0.717) is 11.7 Å². The molecule has 0 saturated carbocycles. The predicted molar refractivity (Wildman–Crippen MR) is 113 cm³/mol. The fraction of sp³-hybridized carbons (Fsp3) is 0.238. The molecule has 0 radical (unpaired) electrons. The lowest BCUT2D eigenvalue weighted by molar-refractivity contribution is -0.119. The minimum Gasteiger partial charge on any atom is -0.497 e. The number of nitrogens with zero attached hydrogens (tertiary/aromatic N) is 5. The number of aromatic nitrogens is 4. The summed E-state index contributed by atoms with van der Waals surface area (Å²) in [4.78, 5) is 23.8. The summed E-state index contributed by atoms with van der Waals surface area (Å²) in [5.74, 6) is 0.660. The average Bonchev–Trinajstić information content (AvgIpc) is 3.28. The van der Waals surface area contributed by atoms with Crippen LogP contribution in [0.4, 0.5) is 5.13 Å². The van der Waals surface area contributed by atoms with Gasteiger partial charge in [-0.3, -0.25) is 19.4 Å². The highest BCUT2D eigenvalue weighted by Gasteiger charge is 2.22. The molecule has 4 aromatic rings. The predicted octanol–water partition coefficient (Wildman–Crippen LogP) is 3.75. The van der Waals surface area contributed by atoms with Crippen molar-refractivity contribution in [2.75, 3.05) is 12.0 Å². The van der Waals surface area contributed by atoms with Crippen LogP contribution in [-0.4, -0.2) is 32.8 Å². The number of rotatable bonds is 6. The van der Waals surface area contributed by atoms with Gasteiger partial charge in [0.25, 0.3) is 5.91 Å². The van der Waals surface area contributed by atoms with Crippen LogP contribution in [-0.2, 0) is 17.9 Å². The van der Waals surface area contributed by atoms with Gasteiger partial charge in [0.1, 0.15) is 12.3 Å². The molecule has 0 saturated heterocycles. The molecule has 0 spiro atoms. The molecule has 0 aliphatic carbocycles. The SMILES string of the molecule is COc1ccc2sc(N(Cc3cccnc3)C(=O)Cn3nc(C)cc3C)nc2c1. The van der Waals surface area contributed by atoms with E-state index in [2.05, 4.69) is 10.1 Å². The van der Waals surface area contributed by atoms with Crippen LogP contribution in [0, 0.1) is 13.8 Å². The quantitative estimate of drug-likeness (QED) is 0.487. The highest BCUT2D eigenvalue weighted by atomic mass is 32.1. The third-order valence-electron chi connectivity index (χ3n) is 4.57. The van der Waals surface area contributed by atoms with Crippen LogP contribution < -0.4 is 9.64 Å². The van der Waals surface area contributed by atoms with E-state index in [1.54, 1.807) is 29.1 Å². The molecule has 0 fully saturated rings. The van der Waals surface area contributed by atoms with E-state index >= 15 is 0 Å². The lowest BCUT2D eigenvalue weighted by Crippen LogP contribution is -2.34. The minimum atomic E-state index is -0.0777. The number of aryl methyl sites for hydroxylation is 2. The van der Waals surface area contributed by atoms with Gasteiger partial charge in [-0.2, -0.15) is 5.10 Å². The van der Waals surface area contributed by atoms with Gasteiger partial charge in [-0.1, -0.05) is 17.4 Å². The Morgan fingerprint density at radius 2 is 2.10 bits per heavy atom. The minimum absolute atomic E-state index is 0.0777. The zero-order valence-corrected chi connectivity index (χ0v) is 17.3. The molecule has 8 heteroatoms. The number of benzene rings is 1. The molecule has 0 aliphatic rings. The van der Waals surface area contributed by atoms with Gasteiger partial charge in [0, 0.05) is 24.2 Å². The van der Waals surface area contributed by atoms with E-state index in [-0.39, 0.29) is 12.5 Å². The summed E-state index contributed by atoms with van der Waals surface area (Å²) in [5, 5.41) is 5.06. The van der Waals surface area contributed by atoms with Crippen molar-refractivity contribution in [3.05, 3.63) is 65.7 Å². The standard InChI is InChI=1S/C21H21N5O2S/c1-14-9-15(2)26(24-14)13-20(27)25(12-16-5-4-8-22-11-16)21-23-18-10-17(28-3)6-7-19(18)29-21/h4-11H,12-13H2,1-3H3. The van der Waals surface area contributed by atoms with Gasteiger partial charge in [-0.15, -0.1) is 0 Å². The number of pyridine rings is 1. The molecule has 3 aromatic heterocycles. The summed E-state index contributed by atoms with van der Waals surface area (Å²) in [6.07, 6.45) is 3.48. The Kier molecular flexibility index (Phi) is 5.26. The molecule has 0 atom stereocenters. The first-order valence-electron chi connectivity index (χ1n) is 9.18. The van der Waals surface area contributed by atoms with Crippen LogP contribution in [0.2, 0.25) is 0 Å². The molecule has 4 rings (SSSR count). The molecule has 1 aromatic carbocycles. The Morgan fingerprint density at radius 3 is 2.79 bits per heavy atom. The molecule has 3 heterocycles. The Hall–Kier alpha value is -3.26. The Morgan fingerprint density at radius 1 is 1.24 bits per heavy atom. The molecule has 0 unspecified atom stereocenters. The van der Waals surface area contributed by atoms with Crippen LogP contribution in [0.25, 0.3) is 10.2 Å². The van der Waals surface area contributed by atoms with Gasteiger partial charge in [0.05, 0.1) is 29.6 Å². The maximum atomic E-state index is 13.3. The van der Waals surface area contributed by atoms with E-state index in [0.717, 1.165) is 32.9 Å². The van der Waals surface area contributed by atoms with Crippen LogP contribution >= 0.6 is 11.3 Å². The number of amides is 1. The first-order chi connectivity index (χ1) is 14.0. The molecule has 148 valence electrons. The van der Waals surface area contributed by atoms with Gasteiger partial charge in [0.2, 0.25) is 0 Å². The van der Waals surface area contributed by atoms with Crippen molar-refractivity contribution < 1.29 is 9.53 Å². The van der Waals surface area contributed by atoms with Crippen LogP contribution in [0.1, 0.15) is 17.0 Å². The number of hydrogen-bond acceptors (Lipinski definition) is 6. The van der Waals surface area contributed by atoms with Crippen molar-refractivity contribution in [3.8, 4) is 5.75 Å². The second-order valence-electron chi connectivity index (χ2n) is 6.76. The number of methoxy groups -OCH3 is 1. The first-order valence-corrected chi connectivity index (χ1v) is 10.00. The Balaban J connectivity index is 1.69. The summed E-state index contributed by atoms with van der Waals surface area (Å²) in [5.41, 5.74) is 3.58. The highest BCUT2D eigenvalue weighted by molar-refractivity contribution is 7.22. The van der Waals surface area contributed by atoms with E-state index in [9.17, 15) is 4.79 Å². The number of ether oxygens (including phenoxy) is 1. The Bertz CT molecular complexity index is 1150. The highest BCUT2D eigenvalue weighted by Crippen LogP contribution is 2.32. The first kappa shape index (κ1) is 19.1. The number of hydrogen-bond donors (Lipinski definition) is 0. The summed E-state index contributed by atoms with van der Waals surface area (Å²) >= 11 is 1.48. The van der Waals surface area contributed by atoms with E-state index < -0.39 is 0 Å². The molecule has 0 aliphatic heterocycles. The van der Waals surface area contributed by atoms with Crippen molar-refractivity contribution in [3.63, 3.8) is 0 Å². The summed E-state index contributed by atoms with van der Waals surface area (Å²) in [6, 6.07) is 11.5. The van der Waals surface area contributed by atoms with Crippen LogP contribution in [0.5, 0.6) is 5.75 Å². The third-order valence-corrected chi connectivity index (χ3v) is 5.63. The van der Waals surface area contributed by atoms with Crippen LogP contribution in [0.15, 0.2) is 48.8 Å². The maximum absolute atomic E-state index is 13.3. The molecule has 0 N–H and O–H groups in total. The lowest BCUT2D eigenvalue weighted by Gasteiger charge is -2.20. The molecule has 0 bridgehead atoms. The number of carbonyl (C=O) groups excluding carboxylic acids is 1.